The fourth-order valence-corrected chi connectivity index (χ4v) is 2.91. The molecule has 120 valence electrons. The number of pyridine rings is 1. The Morgan fingerprint density at radius 2 is 2.23 bits per heavy atom. The molecule has 2 aliphatic heterocycles. The Morgan fingerprint density at radius 3 is 3.00 bits per heavy atom. The smallest absolute Gasteiger partial charge is 0.251 e. The number of aromatic nitrogens is 1. The van der Waals surface area contributed by atoms with E-state index in [2.05, 4.69) is 4.98 Å². The van der Waals surface area contributed by atoms with Gasteiger partial charge in [0, 0.05) is 19.5 Å². The van der Waals surface area contributed by atoms with Gasteiger partial charge in [-0.2, -0.15) is 4.39 Å². The van der Waals surface area contributed by atoms with Crippen molar-refractivity contribution in [1.82, 2.24) is 9.88 Å². The highest BCUT2D eigenvalue weighted by molar-refractivity contribution is 5.98. The number of hydrogen-bond donors (Lipinski definition) is 0. The van der Waals surface area contributed by atoms with Gasteiger partial charge in [-0.05, 0) is 12.1 Å². The zero-order chi connectivity index (χ0) is 15.7. The Bertz CT molecular complexity index is 570. The van der Waals surface area contributed by atoms with Crippen molar-refractivity contribution in [3.8, 4) is 0 Å². The van der Waals surface area contributed by atoms with Crippen molar-refractivity contribution >= 4 is 11.6 Å². The van der Waals surface area contributed by atoms with Crippen LogP contribution in [0, 0.1) is 5.95 Å². The lowest BCUT2D eigenvalue weighted by Gasteiger charge is -2.36. The van der Waals surface area contributed by atoms with Gasteiger partial charge in [0.15, 0.2) is 0 Å². The molecule has 1 atom stereocenters. The first-order chi connectivity index (χ1) is 10.6. The van der Waals surface area contributed by atoms with Gasteiger partial charge in [-0.1, -0.05) is 0 Å². The summed E-state index contributed by atoms with van der Waals surface area (Å²) in [5.74, 6) is -0.888. The molecule has 0 aromatic carbocycles. The number of ether oxygens (including phenoxy) is 1. The minimum Gasteiger partial charge on any atom is -0.378 e. The molecule has 5 nitrogen and oxygen atoms in total. The van der Waals surface area contributed by atoms with Gasteiger partial charge in [-0.15, -0.1) is 0 Å². The molecule has 1 amide bonds. The highest BCUT2D eigenvalue weighted by Gasteiger charge is 2.37. The van der Waals surface area contributed by atoms with E-state index in [1.165, 1.54) is 21.9 Å². The summed E-state index contributed by atoms with van der Waals surface area (Å²) in [6.07, 6.45) is -2.05. The number of nitrogens with zero attached hydrogens (tertiary/aromatic N) is 3. The molecule has 1 aromatic rings. The van der Waals surface area contributed by atoms with Crippen LogP contribution in [0.5, 0.6) is 0 Å². The fourth-order valence-electron chi connectivity index (χ4n) is 2.91. The van der Waals surface area contributed by atoms with E-state index >= 15 is 0 Å². The lowest BCUT2D eigenvalue weighted by molar-refractivity contribution is -0.131. The summed E-state index contributed by atoms with van der Waals surface area (Å²) in [7, 11) is 0. The van der Waals surface area contributed by atoms with Crippen molar-refractivity contribution in [3.05, 3.63) is 23.8 Å². The van der Waals surface area contributed by atoms with Crippen LogP contribution in [0.15, 0.2) is 12.1 Å². The molecule has 1 fully saturated rings. The molecule has 0 bridgehead atoms. The molecule has 0 radical (unpaired) electrons. The molecule has 3 rings (SSSR count). The van der Waals surface area contributed by atoms with Crippen molar-refractivity contribution in [3.63, 3.8) is 0 Å². The Hall–Kier alpha value is -1.67. The zero-order valence-electron chi connectivity index (χ0n) is 11.8. The summed E-state index contributed by atoms with van der Waals surface area (Å²) in [6.45, 7) is 0.640. The van der Waals surface area contributed by atoms with Gasteiger partial charge in [0.2, 0.25) is 11.9 Å². The van der Waals surface area contributed by atoms with E-state index in [1.807, 2.05) is 0 Å². The second kappa shape index (κ2) is 6.21. The molecule has 3 heterocycles. The summed E-state index contributed by atoms with van der Waals surface area (Å²) in [5.41, 5.74) is 1.07. The Balaban J connectivity index is 1.79. The summed E-state index contributed by atoms with van der Waals surface area (Å²) < 4.78 is 43.7. The molecule has 2 aliphatic rings. The highest BCUT2D eigenvalue weighted by atomic mass is 19.3. The van der Waals surface area contributed by atoms with E-state index in [9.17, 15) is 18.0 Å². The first-order valence-electron chi connectivity index (χ1n) is 7.13. The van der Waals surface area contributed by atoms with E-state index in [-0.39, 0.29) is 12.5 Å². The summed E-state index contributed by atoms with van der Waals surface area (Å²) in [5, 5.41) is 0. The van der Waals surface area contributed by atoms with Gasteiger partial charge in [0.1, 0.15) is 6.04 Å². The quantitative estimate of drug-likeness (QED) is 0.783. The van der Waals surface area contributed by atoms with Crippen LogP contribution in [0.4, 0.5) is 18.9 Å². The minimum absolute atomic E-state index is 0.0893. The highest BCUT2D eigenvalue weighted by Crippen LogP contribution is 2.28. The molecule has 1 unspecified atom stereocenters. The summed E-state index contributed by atoms with van der Waals surface area (Å²) in [4.78, 5) is 19.4. The molecule has 0 N–H and O–H groups in total. The number of anilines is 1. The van der Waals surface area contributed by atoms with Crippen LogP contribution in [0.25, 0.3) is 0 Å². The lowest BCUT2D eigenvalue weighted by atomic mass is 10.2. The van der Waals surface area contributed by atoms with Gasteiger partial charge in [-0.3, -0.25) is 9.69 Å². The topological polar surface area (TPSA) is 45.7 Å². The SMILES string of the molecule is O=C(C1COCCN1CC(F)F)N1CCc2nc(F)ccc21. The Morgan fingerprint density at radius 1 is 1.41 bits per heavy atom. The van der Waals surface area contributed by atoms with Crippen LogP contribution in [-0.4, -0.2) is 61.1 Å². The van der Waals surface area contributed by atoms with Crippen molar-refractivity contribution in [2.24, 2.45) is 0 Å². The standard InChI is InChI=1S/C14H16F3N3O2/c15-12(16)7-19-5-6-22-8-11(19)14(21)20-4-3-9-10(20)1-2-13(17)18-9/h1-2,11-12H,3-8H2. The number of morpholine rings is 1. The third-order valence-electron chi connectivity index (χ3n) is 3.94. The third-order valence-corrected chi connectivity index (χ3v) is 3.94. The summed E-state index contributed by atoms with van der Waals surface area (Å²) >= 11 is 0. The normalized spacial score (nSPS) is 22.2. The molecular formula is C14H16F3N3O2. The first kappa shape index (κ1) is 15.2. The van der Waals surface area contributed by atoms with Gasteiger partial charge >= 0.3 is 0 Å². The number of halogens is 3. The van der Waals surface area contributed by atoms with Gasteiger partial charge < -0.3 is 9.64 Å². The van der Waals surface area contributed by atoms with Crippen LogP contribution in [0.2, 0.25) is 0 Å². The average Bonchev–Trinajstić information content (AvgIpc) is 2.89. The Labute approximate surface area is 125 Å². The third kappa shape index (κ3) is 2.93. The predicted molar refractivity (Wildman–Crippen MR) is 72.4 cm³/mol. The number of hydrogen-bond acceptors (Lipinski definition) is 4. The number of carbonyl (C=O) groups is 1. The molecule has 0 saturated carbocycles. The van der Waals surface area contributed by atoms with Crippen LogP contribution in [-0.2, 0) is 16.0 Å². The molecule has 8 heteroatoms. The second-order valence-corrected chi connectivity index (χ2v) is 5.32. The van der Waals surface area contributed by atoms with Gasteiger partial charge in [-0.25, -0.2) is 13.8 Å². The van der Waals surface area contributed by atoms with Crippen LogP contribution in [0.1, 0.15) is 5.69 Å². The minimum atomic E-state index is -2.50. The zero-order valence-corrected chi connectivity index (χ0v) is 11.8. The molecule has 0 aliphatic carbocycles. The van der Waals surface area contributed by atoms with Crippen molar-refractivity contribution in [2.75, 3.05) is 37.7 Å². The van der Waals surface area contributed by atoms with E-state index in [1.54, 1.807) is 0 Å². The fraction of sp³-hybridized carbons (Fsp3) is 0.571. The molecule has 22 heavy (non-hydrogen) atoms. The van der Waals surface area contributed by atoms with E-state index in [4.69, 9.17) is 4.74 Å². The maximum atomic E-state index is 13.1. The molecule has 0 spiro atoms. The molecule has 1 saturated heterocycles. The number of rotatable bonds is 3. The maximum Gasteiger partial charge on any atom is 0.251 e. The number of amides is 1. The van der Waals surface area contributed by atoms with E-state index in [0.717, 1.165) is 0 Å². The van der Waals surface area contributed by atoms with E-state index < -0.39 is 25.0 Å². The summed E-state index contributed by atoms with van der Waals surface area (Å²) in [6, 6.07) is 1.96. The lowest BCUT2D eigenvalue weighted by Crippen LogP contribution is -2.55. The number of alkyl halides is 2. The number of fused-ring (bicyclic) bond motifs is 1. The maximum absolute atomic E-state index is 13.1. The number of carbonyl (C=O) groups excluding carboxylic acids is 1. The Kier molecular flexibility index (Phi) is 4.30. The van der Waals surface area contributed by atoms with Gasteiger partial charge in [0.05, 0.1) is 31.1 Å². The average molecular weight is 315 g/mol. The van der Waals surface area contributed by atoms with E-state index in [0.29, 0.717) is 37.5 Å². The second-order valence-electron chi connectivity index (χ2n) is 5.32. The molecular weight excluding hydrogens is 299 g/mol. The molecule has 1 aromatic heterocycles. The van der Waals surface area contributed by atoms with Gasteiger partial charge in [0.25, 0.3) is 6.43 Å². The monoisotopic (exact) mass is 315 g/mol. The van der Waals surface area contributed by atoms with Crippen LogP contribution < -0.4 is 4.90 Å². The van der Waals surface area contributed by atoms with Crippen molar-refractivity contribution in [1.29, 1.82) is 0 Å². The van der Waals surface area contributed by atoms with Crippen LogP contribution >= 0.6 is 0 Å². The van der Waals surface area contributed by atoms with Crippen molar-refractivity contribution < 1.29 is 22.7 Å². The van der Waals surface area contributed by atoms with Crippen molar-refractivity contribution in [2.45, 2.75) is 18.9 Å². The first-order valence-corrected chi connectivity index (χ1v) is 7.13. The predicted octanol–water partition coefficient (Wildman–Crippen LogP) is 1.08. The van der Waals surface area contributed by atoms with Crippen LogP contribution in [0.3, 0.4) is 0 Å². The largest absolute Gasteiger partial charge is 0.378 e.